The van der Waals surface area contributed by atoms with Crippen molar-refractivity contribution in [2.45, 2.75) is 6.42 Å². The van der Waals surface area contributed by atoms with E-state index in [1.807, 2.05) is 18.2 Å². The molecule has 6 heteroatoms. The quantitative estimate of drug-likeness (QED) is 0.888. The molecule has 1 amide bonds. The van der Waals surface area contributed by atoms with Gasteiger partial charge in [0.05, 0.1) is 5.69 Å². The fourth-order valence-corrected chi connectivity index (χ4v) is 1.99. The Morgan fingerprint density at radius 1 is 1.47 bits per heavy atom. The molecule has 0 saturated carbocycles. The molecule has 0 aliphatic rings. The molecule has 1 heterocycles. The Balaban J connectivity index is 2.42. The van der Waals surface area contributed by atoms with Crippen molar-refractivity contribution >= 4 is 17.5 Å². The maximum absolute atomic E-state index is 11.5. The smallest absolute Gasteiger partial charge is 0.271 e. The number of carbonyl (C=O) groups is 1. The van der Waals surface area contributed by atoms with Gasteiger partial charge in [0.1, 0.15) is 0 Å². The first kappa shape index (κ1) is 13.6. The fourth-order valence-electron chi connectivity index (χ4n) is 1.82. The summed E-state index contributed by atoms with van der Waals surface area (Å²) in [5.41, 5.74) is 7.84. The van der Waals surface area contributed by atoms with Gasteiger partial charge in [-0.1, -0.05) is 17.7 Å². The zero-order valence-corrected chi connectivity index (χ0v) is 11.3. The molecule has 0 spiro atoms. The van der Waals surface area contributed by atoms with Crippen LogP contribution in [0.1, 0.15) is 16.1 Å². The van der Waals surface area contributed by atoms with Crippen LogP contribution in [0.25, 0.3) is 5.69 Å². The van der Waals surface area contributed by atoms with E-state index in [2.05, 4.69) is 10.4 Å². The predicted octanol–water partition coefficient (Wildman–Crippen LogP) is 1.39. The second kappa shape index (κ2) is 5.86. The van der Waals surface area contributed by atoms with Crippen LogP contribution in [-0.2, 0) is 6.42 Å². The number of nitrogens with zero attached hydrogens (tertiary/aromatic N) is 2. The van der Waals surface area contributed by atoms with Crippen molar-refractivity contribution in [3.8, 4) is 5.69 Å². The van der Waals surface area contributed by atoms with Crippen molar-refractivity contribution in [3.63, 3.8) is 0 Å². The molecule has 0 fully saturated rings. The average Bonchev–Trinajstić information content (AvgIpc) is 2.89. The van der Waals surface area contributed by atoms with Crippen LogP contribution in [0.4, 0.5) is 0 Å². The molecule has 2 aromatic rings. The summed E-state index contributed by atoms with van der Waals surface area (Å²) in [4.78, 5) is 11.5. The van der Waals surface area contributed by atoms with E-state index in [0.717, 1.165) is 17.7 Å². The number of hydrogen-bond donors (Lipinski definition) is 2. The van der Waals surface area contributed by atoms with E-state index in [-0.39, 0.29) is 5.91 Å². The molecule has 19 heavy (non-hydrogen) atoms. The molecule has 0 unspecified atom stereocenters. The molecule has 0 aliphatic heterocycles. The first-order valence-electron chi connectivity index (χ1n) is 5.92. The minimum atomic E-state index is -0.221. The van der Waals surface area contributed by atoms with Crippen LogP contribution in [0, 0.1) is 0 Å². The lowest BCUT2D eigenvalue weighted by Crippen LogP contribution is -2.18. The maximum Gasteiger partial charge on any atom is 0.271 e. The Morgan fingerprint density at radius 2 is 2.26 bits per heavy atom. The molecule has 0 radical (unpaired) electrons. The Labute approximate surface area is 116 Å². The Bertz CT molecular complexity index is 594. The topological polar surface area (TPSA) is 72.9 Å². The van der Waals surface area contributed by atoms with Crippen molar-refractivity contribution in [2.24, 2.45) is 5.73 Å². The normalized spacial score (nSPS) is 10.5. The van der Waals surface area contributed by atoms with Gasteiger partial charge >= 0.3 is 0 Å². The number of benzene rings is 1. The zero-order valence-electron chi connectivity index (χ0n) is 10.6. The third kappa shape index (κ3) is 2.94. The van der Waals surface area contributed by atoms with E-state index in [1.54, 1.807) is 24.0 Å². The summed E-state index contributed by atoms with van der Waals surface area (Å²) in [6.45, 7) is 0.540. The minimum absolute atomic E-state index is 0.221. The van der Waals surface area contributed by atoms with Gasteiger partial charge in [0.2, 0.25) is 0 Å². The first-order valence-corrected chi connectivity index (χ1v) is 6.30. The lowest BCUT2D eigenvalue weighted by molar-refractivity contribution is 0.0957. The number of carbonyl (C=O) groups excluding carboxylic acids is 1. The summed E-state index contributed by atoms with van der Waals surface area (Å²) in [5, 5.41) is 7.40. The van der Waals surface area contributed by atoms with Crippen LogP contribution in [0.2, 0.25) is 5.02 Å². The fraction of sp³-hybridized carbons (Fsp3) is 0.231. The number of aromatic nitrogens is 2. The molecule has 0 aliphatic carbocycles. The van der Waals surface area contributed by atoms with Crippen molar-refractivity contribution in [1.82, 2.24) is 15.1 Å². The Kier molecular flexibility index (Phi) is 4.19. The highest BCUT2D eigenvalue weighted by molar-refractivity contribution is 6.30. The van der Waals surface area contributed by atoms with Crippen molar-refractivity contribution < 1.29 is 4.79 Å². The zero-order chi connectivity index (χ0) is 13.8. The van der Waals surface area contributed by atoms with E-state index in [9.17, 15) is 4.79 Å². The molecule has 0 atom stereocenters. The number of halogens is 1. The van der Waals surface area contributed by atoms with Gasteiger partial charge in [-0.2, -0.15) is 5.10 Å². The van der Waals surface area contributed by atoms with Gasteiger partial charge in [-0.25, -0.2) is 4.68 Å². The molecule has 3 N–H and O–H groups in total. The van der Waals surface area contributed by atoms with Gasteiger partial charge < -0.3 is 11.1 Å². The van der Waals surface area contributed by atoms with Crippen molar-refractivity contribution in [1.29, 1.82) is 0 Å². The SMILES string of the molecule is CNC(=O)c1ccn(-c2cc(Cl)ccc2CCN)n1. The molecule has 1 aromatic heterocycles. The predicted molar refractivity (Wildman–Crippen MR) is 74.7 cm³/mol. The van der Waals surface area contributed by atoms with Crippen LogP contribution in [0.5, 0.6) is 0 Å². The van der Waals surface area contributed by atoms with E-state index >= 15 is 0 Å². The maximum atomic E-state index is 11.5. The summed E-state index contributed by atoms with van der Waals surface area (Å²) in [6.07, 6.45) is 2.46. The highest BCUT2D eigenvalue weighted by Crippen LogP contribution is 2.20. The van der Waals surface area contributed by atoms with Gasteiger partial charge in [0.15, 0.2) is 5.69 Å². The van der Waals surface area contributed by atoms with Crippen LogP contribution in [-0.4, -0.2) is 29.3 Å². The number of hydrogen-bond acceptors (Lipinski definition) is 3. The molecule has 0 saturated heterocycles. The summed E-state index contributed by atoms with van der Waals surface area (Å²) < 4.78 is 1.64. The van der Waals surface area contributed by atoms with Crippen LogP contribution < -0.4 is 11.1 Å². The molecule has 100 valence electrons. The van der Waals surface area contributed by atoms with Gasteiger partial charge in [-0.15, -0.1) is 0 Å². The monoisotopic (exact) mass is 278 g/mol. The van der Waals surface area contributed by atoms with E-state index in [0.29, 0.717) is 17.3 Å². The van der Waals surface area contributed by atoms with E-state index in [4.69, 9.17) is 17.3 Å². The number of amides is 1. The number of nitrogens with two attached hydrogens (primary N) is 1. The van der Waals surface area contributed by atoms with Crippen molar-refractivity contribution in [3.05, 3.63) is 46.7 Å². The summed E-state index contributed by atoms with van der Waals surface area (Å²) >= 11 is 6.01. The first-order chi connectivity index (χ1) is 9.15. The van der Waals surface area contributed by atoms with Gasteiger partial charge in [0, 0.05) is 18.3 Å². The Morgan fingerprint density at radius 3 is 2.95 bits per heavy atom. The summed E-state index contributed by atoms with van der Waals surface area (Å²) in [5.74, 6) is -0.221. The number of nitrogens with one attached hydrogen (secondary N) is 1. The van der Waals surface area contributed by atoms with Crippen LogP contribution in [0.3, 0.4) is 0 Å². The van der Waals surface area contributed by atoms with Gasteiger partial charge in [0.25, 0.3) is 5.91 Å². The molecule has 2 rings (SSSR count). The van der Waals surface area contributed by atoms with Crippen molar-refractivity contribution in [2.75, 3.05) is 13.6 Å². The highest BCUT2D eigenvalue weighted by Gasteiger charge is 2.10. The van der Waals surface area contributed by atoms with E-state index in [1.165, 1.54) is 0 Å². The summed E-state index contributed by atoms with van der Waals surface area (Å²) in [7, 11) is 1.57. The molecular weight excluding hydrogens is 264 g/mol. The van der Waals surface area contributed by atoms with Crippen LogP contribution in [0.15, 0.2) is 30.5 Å². The second-order valence-electron chi connectivity index (χ2n) is 4.04. The molecule has 0 bridgehead atoms. The standard InChI is InChI=1S/C13H15ClN4O/c1-16-13(19)11-5-7-18(17-11)12-8-10(14)3-2-9(12)4-6-15/h2-3,5,7-8H,4,6,15H2,1H3,(H,16,19). The lowest BCUT2D eigenvalue weighted by Gasteiger charge is -2.09. The summed E-state index contributed by atoms with van der Waals surface area (Å²) in [6, 6.07) is 7.21. The third-order valence-electron chi connectivity index (χ3n) is 2.76. The lowest BCUT2D eigenvalue weighted by atomic mass is 10.1. The molecule has 5 nitrogen and oxygen atoms in total. The molecular formula is C13H15ClN4O. The van der Waals surface area contributed by atoms with Gasteiger partial charge in [-0.05, 0) is 36.7 Å². The van der Waals surface area contributed by atoms with Gasteiger partial charge in [-0.3, -0.25) is 4.79 Å². The average molecular weight is 279 g/mol. The van der Waals surface area contributed by atoms with Crippen LogP contribution >= 0.6 is 11.6 Å². The minimum Gasteiger partial charge on any atom is -0.354 e. The largest absolute Gasteiger partial charge is 0.354 e. The third-order valence-corrected chi connectivity index (χ3v) is 2.99. The second-order valence-corrected chi connectivity index (χ2v) is 4.47. The van der Waals surface area contributed by atoms with E-state index < -0.39 is 0 Å². The highest BCUT2D eigenvalue weighted by atomic mass is 35.5. The Hall–Kier alpha value is -1.85. The molecule has 1 aromatic carbocycles. The number of rotatable bonds is 4.